The Labute approximate surface area is 173 Å². The Morgan fingerprint density at radius 1 is 1.17 bits per heavy atom. The van der Waals surface area contributed by atoms with Crippen LogP contribution in [0.1, 0.15) is 81.5 Å². The molecule has 1 aliphatic carbocycles. The van der Waals surface area contributed by atoms with E-state index in [2.05, 4.69) is 39.9 Å². The molecule has 29 heavy (non-hydrogen) atoms. The Balaban J connectivity index is 2.01. The molecule has 6 nitrogen and oxygen atoms in total. The molecule has 1 saturated heterocycles. The number of carbonyl (C=O) groups excluding carboxylic acids is 2. The van der Waals surface area contributed by atoms with E-state index in [0.29, 0.717) is 25.6 Å². The number of likely N-dealkylation sites (tertiary alicyclic amines) is 1. The third-order valence-corrected chi connectivity index (χ3v) is 6.14. The molecule has 1 aromatic rings. The van der Waals surface area contributed by atoms with Crippen molar-refractivity contribution in [2.75, 3.05) is 13.1 Å². The molecule has 2 atom stereocenters. The highest BCUT2D eigenvalue weighted by molar-refractivity contribution is 5.99. The van der Waals surface area contributed by atoms with Gasteiger partial charge in [0, 0.05) is 38.1 Å². The second-order valence-corrected chi connectivity index (χ2v) is 10.5. The first-order valence-electron chi connectivity index (χ1n) is 10.8. The Hall–Kier alpha value is -2.11. The quantitative estimate of drug-likeness (QED) is 0.823. The number of aromatic nitrogens is 1. The van der Waals surface area contributed by atoms with Crippen LogP contribution >= 0.6 is 0 Å². The van der Waals surface area contributed by atoms with Gasteiger partial charge in [0.1, 0.15) is 11.1 Å². The number of pyridine rings is 1. The van der Waals surface area contributed by atoms with Gasteiger partial charge in [-0.2, -0.15) is 0 Å². The SMILES string of the molecule is CCNC(=O)c1cn(CC(C)C)cc(C(=O)N2C[C@@]3(C)C[C@H]2CC(C)(C)C3)c1=O. The van der Waals surface area contributed by atoms with E-state index in [-0.39, 0.29) is 33.9 Å². The topological polar surface area (TPSA) is 71.4 Å². The maximum atomic E-state index is 13.5. The summed E-state index contributed by atoms with van der Waals surface area (Å²) in [4.78, 5) is 41.0. The van der Waals surface area contributed by atoms with Crippen LogP contribution in [0.15, 0.2) is 17.2 Å². The predicted octanol–water partition coefficient (Wildman–Crippen LogP) is 3.29. The zero-order valence-corrected chi connectivity index (χ0v) is 18.7. The van der Waals surface area contributed by atoms with Crippen molar-refractivity contribution in [2.45, 2.75) is 73.4 Å². The van der Waals surface area contributed by atoms with Crippen LogP contribution in [0.3, 0.4) is 0 Å². The maximum Gasteiger partial charge on any atom is 0.259 e. The Kier molecular flexibility index (Phi) is 5.67. The summed E-state index contributed by atoms with van der Waals surface area (Å²) in [6, 6.07) is 0.155. The van der Waals surface area contributed by atoms with Gasteiger partial charge in [-0.1, -0.05) is 34.6 Å². The molecule has 2 amide bonds. The van der Waals surface area contributed by atoms with Crippen molar-refractivity contribution in [1.29, 1.82) is 0 Å². The van der Waals surface area contributed by atoms with Gasteiger partial charge < -0.3 is 14.8 Å². The number of nitrogens with one attached hydrogen (secondary N) is 1. The molecule has 2 aliphatic rings. The highest BCUT2D eigenvalue weighted by Gasteiger charge is 2.51. The Morgan fingerprint density at radius 3 is 2.45 bits per heavy atom. The van der Waals surface area contributed by atoms with Crippen molar-refractivity contribution in [3.63, 3.8) is 0 Å². The summed E-state index contributed by atoms with van der Waals surface area (Å²) in [6.45, 7) is 14.5. The maximum absolute atomic E-state index is 13.5. The average molecular weight is 402 g/mol. The second kappa shape index (κ2) is 7.62. The third-order valence-electron chi connectivity index (χ3n) is 6.14. The lowest BCUT2D eigenvalue weighted by atomic mass is 9.65. The summed E-state index contributed by atoms with van der Waals surface area (Å²) in [5.41, 5.74) is -0.0221. The summed E-state index contributed by atoms with van der Waals surface area (Å²) in [5.74, 6) is -0.323. The minimum absolute atomic E-state index is 0.0482. The van der Waals surface area contributed by atoms with Crippen molar-refractivity contribution < 1.29 is 9.59 Å². The molecule has 0 unspecified atom stereocenters. The molecule has 2 heterocycles. The molecule has 1 aliphatic heterocycles. The third kappa shape index (κ3) is 4.41. The van der Waals surface area contributed by atoms with Crippen LogP contribution < -0.4 is 10.7 Å². The number of hydrogen-bond acceptors (Lipinski definition) is 3. The van der Waals surface area contributed by atoms with Crippen LogP contribution in [0.2, 0.25) is 0 Å². The van der Waals surface area contributed by atoms with Gasteiger partial charge >= 0.3 is 0 Å². The van der Waals surface area contributed by atoms with Gasteiger partial charge in [-0.25, -0.2) is 0 Å². The van der Waals surface area contributed by atoms with E-state index >= 15 is 0 Å². The van der Waals surface area contributed by atoms with E-state index in [4.69, 9.17) is 0 Å². The first-order valence-corrected chi connectivity index (χ1v) is 10.8. The largest absolute Gasteiger partial charge is 0.352 e. The standard InChI is InChI=1S/C23H35N3O3/c1-7-24-20(28)17-11-25(10-15(2)3)12-18(19(17)27)21(29)26-14-23(6)9-16(26)8-22(4,5)13-23/h11-12,15-16H,7-10,13-14H2,1-6H3,(H,24,28)/t16-,23+/m1/s1. The summed E-state index contributed by atoms with van der Waals surface area (Å²) >= 11 is 0. The van der Waals surface area contributed by atoms with Gasteiger partial charge in [0.05, 0.1) is 0 Å². The van der Waals surface area contributed by atoms with E-state index in [1.807, 2.05) is 16.4 Å². The van der Waals surface area contributed by atoms with E-state index in [9.17, 15) is 14.4 Å². The van der Waals surface area contributed by atoms with Gasteiger partial charge in [-0.3, -0.25) is 14.4 Å². The first-order chi connectivity index (χ1) is 13.4. The number of amides is 2. The molecule has 1 saturated carbocycles. The number of carbonyl (C=O) groups is 2. The molecule has 2 fully saturated rings. The molecule has 1 N–H and O–H groups in total. The Bertz CT molecular complexity index is 871. The summed E-state index contributed by atoms with van der Waals surface area (Å²) in [7, 11) is 0. The molecule has 0 radical (unpaired) electrons. The lowest BCUT2D eigenvalue weighted by Crippen LogP contribution is -2.41. The molecular formula is C23H35N3O3. The minimum atomic E-state index is -0.466. The molecule has 160 valence electrons. The Morgan fingerprint density at radius 2 is 1.83 bits per heavy atom. The molecular weight excluding hydrogens is 366 g/mol. The zero-order valence-electron chi connectivity index (χ0n) is 18.7. The summed E-state index contributed by atoms with van der Waals surface area (Å²) < 4.78 is 1.82. The number of rotatable bonds is 5. The lowest BCUT2D eigenvalue weighted by molar-refractivity contribution is 0.0706. The average Bonchev–Trinajstić information content (AvgIpc) is 2.84. The monoisotopic (exact) mass is 401 g/mol. The van der Waals surface area contributed by atoms with Crippen molar-refractivity contribution in [2.24, 2.45) is 16.7 Å². The van der Waals surface area contributed by atoms with Crippen LogP contribution in [-0.2, 0) is 6.54 Å². The van der Waals surface area contributed by atoms with Crippen molar-refractivity contribution >= 4 is 11.8 Å². The fraction of sp³-hybridized carbons (Fsp3) is 0.696. The molecule has 1 aromatic heterocycles. The number of fused-ring (bicyclic) bond motifs is 2. The summed E-state index contributed by atoms with van der Waals surface area (Å²) in [6.07, 6.45) is 6.24. The molecule has 3 rings (SSSR count). The number of nitrogens with zero attached hydrogens (tertiary/aromatic N) is 2. The fourth-order valence-electron chi connectivity index (χ4n) is 5.58. The normalized spacial score (nSPS) is 25.3. The second-order valence-electron chi connectivity index (χ2n) is 10.5. The fourth-order valence-corrected chi connectivity index (χ4v) is 5.58. The van der Waals surface area contributed by atoms with Crippen molar-refractivity contribution in [3.8, 4) is 0 Å². The van der Waals surface area contributed by atoms with E-state index in [0.717, 1.165) is 19.3 Å². The van der Waals surface area contributed by atoms with Crippen LogP contribution in [0.4, 0.5) is 0 Å². The zero-order chi connectivity index (χ0) is 21.6. The minimum Gasteiger partial charge on any atom is -0.352 e. The van der Waals surface area contributed by atoms with Gasteiger partial charge in [-0.15, -0.1) is 0 Å². The molecule has 0 aromatic carbocycles. The lowest BCUT2D eigenvalue weighted by Gasteiger charge is -2.39. The van der Waals surface area contributed by atoms with Crippen LogP contribution in [0.25, 0.3) is 0 Å². The molecule has 6 heteroatoms. The van der Waals surface area contributed by atoms with Crippen LogP contribution in [0.5, 0.6) is 0 Å². The van der Waals surface area contributed by atoms with E-state index in [1.165, 1.54) is 0 Å². The van der Waals surface area contributed by atoms with E-state index < -0.39 is 11.3 Å². The van der Waals surface area contributed by atoms with Gasteiger partial charge in [0.25, 0.3) is 11.8 Å². The highest BCUT2D eigenvalue weighted by atomic mass is 16.2. The van der Waals surface area contributed by atoms with E-state index in [1.54, 1.807) is 12.4 Å². The summed E-state index contributed by atoms with van der Waals surface area (Å²) in [5, 5.41) is 2.70. The highest BCUT2D eigenvalue weighted by Crippen LogP contribution is 2.52. The van der Waals surface area contributed by atoms with Crippen LogP contribution in [0, 0.1) is 16.7 Å². The van der Waals surface area contributed by atoms with Crippen molar-refractivity contribution in [3.05, 3.63) is 33.7 Å². The van der Waals surface area contributed by atoms with Gasteiger partial charge in [0.15, 0.2) is 0 Å². The smallest absolute Gasteiger partial charge is 0.259 e. The first kappa shape index (κ1) is 21.6. The predicted molar refractivity (Wildman–Crippen MR) is 114 cm³/mol. The van der Waals surface area contributed by atoms with Crippen molar-refractivity contribution in [1.82, 2.24) is 14.8 Å². The molecule has 2 bridgehead atoms. The number of hydrogen-bond donors (Lipinski definition) is 1. The van der Waals surface area contributed by atoms with Gasteiger partial charge in [-0.05, 0) is 42.9 Å². The van der Waals surface area contributed by atoms with Crippen LogP contribution in [-0.4, -0.2) is 40.4 Å². The molecule has 0 spiro atoms. The van der Waals surface area contributed by atoms with Gasteiger partial charge in [0.2, 0.25) is 5.43 Å².